The topological polar surface area (TPSA) is 99.5 Å². The number of carbonyl (C=O) groups is 2. The van der Waals surface area contributed by atoms with Gasteiger partial charge in [-0.25, -0.2) is 0 Å². The van der Waals surface area contributed by atoms with Crippen molar-refractivity contribution >= 4 is 62.6 Å². The van der Waals surface area contributed by atoms with Crippen LogP contribution in [-0.4, -0.2) is 54.4 Å². The zero-order valence-corrected chi connectivity index (χ0v) is 23.4. The molecule has 1 unspecified atom stereocenters. The molecule has 198 valence electrons. The van der Waals surface area contributed by atoms with E-state index in [9.17, 15) is 9.59 Å². The highest BCUT2D eigenvalue weighted by molar-refractivity contribution is 9.10. The van der Waals surface area contributed by atoms with Gasteiger partial charge < -0.3 is 26.6 Å². The first-order chi connectivity index (χ1) is 18.5. The summed E-state index contributed by atoms with van der Waals surface area (Å²) in [5.41, 5.74) is 9.42. The van der Waals surface area contributed by atoms with Gasteiger partial charge in [0.05, 0.1) is 11.4 Å². The van der Waals surface area contributed by atoms with Crippen molar-refractivity contribution in [1.82, 2.24) is 10.2 Å². The molecule has 1 heterocycles. The SMILES string of the molecule is Nc1ccccc1NC(=O)C=Cc1ccc(C(NCCN2CCSCC2)C(=O)Nc2ccc(Br)cc2)cc1. The molecule has 7 nitrogen and oxygen atoms in total. The predicted octanol–water partition coefficient (Wildman–Crippen LogP) is 5.00. The minimum Gasteiger partial charge on any atom is -0.397 e. The van der Waals surface area contributed by atoms with E-state index in [2.05, 4.69) is 36.8 Å². The van der Waals surface area contributed by atoms with Crippen LogP contribution in [-0.2, 0) is 9.59 Å². The smallest absolute Gasteiger partial charge is 0.248 e. The molecule has 0 radical (unpaired) electrons. The van der Waals surface area contributed by atoms with E-state index in [-0.39, 0.29) is 11.8 Å². The maximum absolute atomic E-state index is 13.3. The number of nitrogens with zero attached hydrogens (tertiary/aromatic N) is 1. The lowest BCUT2D eigenvalue weighted by atomic mass is 10.0. The second-order valence-corrected chi connectivity index (χ2v) is 11.1. The monoisotopic (exact) mass is 593 g/mol. The van der Waals surface area contributed by atoms with Gasteiger partial charge in [0.1, 0.15) is 6.04 Å². The summed E-state index contributed by atoms with van der Waals surface area (Å²) in [5.74, 6) is 1.92. The van der Waals surface area contributed by atoms with E-state index in [0.29, 0.717) is 17.9 Å². The quantitative estimate of drug-likeness (QED) is 0.195. The summed E-state index contributed by atoms with van der Waals surface area (Å²) in [4.78, 5) is 28.0. The van der Waals surface area contributed by atoms with Gasteiger partial charge in [-0.1, -0.05) is 52.3 Å². The summed E-state index contributed by atoms with van der Waals surface area (Å²) in [6.07, 6.45) is 3.20. The fourth-order valence-electron chi connectivity index (χ4n) is 4.06. The molecule has 5 N–H and O–H groups in total. The van der Waals surface area contributed by atoms with Crippen LogP contribution in [0.3, 0.4) is 0 Å². The van der Waals surface area contributed by atoms with Crippen molar-refractivity contribution in [2.45, 2.75) is 6.04 Å². The number of nitrogen functional groups attached to an aromatic ring is 1. The Morgan fingerprint density at radius 1 is 0.974 bits per heavy atom. The third-order valence-electron chi connectivity index (χ3n) is 6.17. The van der Waals surface area contributed by atoms with Gasteiger partial charge in [0.2, 0.25) is 11.8 Å². The van der Waals surface area contributed by atoms with E-state index < -0.39 is 6.04 Å². The van der Waals surface area contributed by atoms with Gasteiger partial charge in [0, 0.05) is 53.9 Å². The van der Waals surface area contributed by atoms with Crippen molar-refractivity contribution in [2.75, 3.05) is 54.1 Å². The van der Waals surface area contributed by atoms with Gasteiger partial charge in [-0.05, 0) is 53.6 Å². The molecule has 0 saturated carbocycles. The minimum absolute atomic E-state index is 0.121. The van der Waals surface area contributed by atoms with Gasteiger partial charge in [-0.15, -0.1) is 0 Å². The fraction of sp³-hybridized carbons (Fsp3) is 0.241. The lowest BCUT2D eigenvalue weighted by Gasteiger charge is -2.27. The third kappa shape index (κ3) is 8.46. The first-order valence-corrected chi connectivity index (χ1v) is 14.5. The van der Waals surface area contributed by atoms with Crippen LogP contribution in [0.25, 0.3) is 6.08 Å². The summed E-state index contributed by atoms with van der Waals surface area (Å²) >= 11 is 5.41. The van der Waals surface area contributed by atoms with Crippen molar-refractivity contribution in [2.24, 2.45) is 0 Å². The summed E-state index contributed by atoms with van der Waals surface area (Å²) in [7, 11) is 0. The van der Waals surface area contributed by atoms with E-state index in [1.165, 1.54) is 6.08 Å². The number of hydrogen-bond acceptors (Lipinski definition) is 6. The van der Waals surface area contributed by atoms with E-state index in [4.69, 9.17) is 5.73 Å². The van der Waals surface area contributed by atoms with Crippen molar-refractivity contribution in [1.29, 1.82) is 0 Å². The van der Waals surface area contributed by atoms with Crippen LogP contribution in [0.4, 0.5) is 17.1 Å². The van der Waals surface area contributed by atoms with Crippen LogP contribution in [0, 0.1) is 0 Å². The highest BCUT2D eigenvalue weighted by atomic mass is 79.9. The lowest BCUT2D eigenvalue weighted by Crippen LogP contribution is -2.41. The summed E-state index contributed by atoms with van der Waals surface area (Å²) in [5, 5.41) is 9.26. The van der Waals surface area contributed by atoms with Crippen molar-refractivity contribution < 1.29 is 9.59 Å². The maximum atomic E-state index is 13.3. The Morgan fingerprint density at radius 2 is 1.68 bits per heavy atom. The number of rotatable bonds is 10. The van der Waals surface area contributed by atoms with Gasteiger partial charge in [0.15, 0.2) is 0 Å². The van der Waals surface area contributed by atoms with E-state index >= 15 is 0 Å². The maximum Gasteiger partial charge on any atom is 0.248 e. The largest absolute Gasteiger partial charge is 0.397 e. The fourth-order valence-corrected chi connectivity index (χ4v) is 5.30. The Balaban J connectivity index is 1.41. The number of benzene rings is 3. The molecule has 1 fully saturated rings. The number of hydrogen-bond donors (Lipinski definition) is 4. The van der Waals surface area contributed by atoms with E-state index in [0.717, 1.165) is 52.4 Å². The number of amides is 2. The molecule has 1 saturated heterocycles. The average Bonchev–Trinajstić information content (AvgIpc) is 2.93. The average molecular weight is 595 g/mol. The van der Waals surface area contributed by atoms with Gasteiger partial charge in [0.25, 0.3) is 0 Å². The van der Waals surface area contributed by atoms with E-state index in [1.54, 1.807) is 18.2 Å². The second kappa shape index (κ2) is 14.2. The van der Waals surface area contributed by atoms with Crippen molar-refractivity contribution in [3.8, 4) is 0 Å². The second-order valence-electron chi connectivity index (χ2n) is 8.91. The van der Waals surface area contributed by atoms with Crippen LogP contribution in [0.5, 0.6) is 0 Å². The molecule has 1 atom stereocenters. The van der Waals surface area contributed by atoms with Crippen molar-refractivity contribution in [3.63, 3.8) is 0 Å². The number of anilines is 3. The molecule has 3 aromatic carbocycles. The van der Waals surface area contributed by atoms with Gasteiger partial charge in [-0.3, -0.25) is 9.59 Å². The number of nitrogens with two attached hydrogens (primary N) is 1. The Labute approximate surface area is 236 Å². The molecule has 0 aliphatic carbocycles. The molecular formula is C29H32BrN5O2S. The van der Waals surface area contributed by atoms with E-state index in [1.807, 2.05) is 72.4 Å². The molecule has 0 spiro atoms. The first kappa shape index (κ1) is 27.9. The van der Waals surface area contributed by atoms with Crippen LogP contribution in [0.15, 0.2) is 83.3 Å². The molecule has 4 rings (SSSR count). The standard InChI is InChI=1S/C29H32BrN5O2S/c30-23-10-12-24(13-11-23)33-29(37)28(32-15-16-35-17-19-38-20-18-35)22-8-5-21(6-9-22)7-14-27(36)34-26-4-2-1-3-25(26)31/h1-14,28,32H,15-20,31H2,(H,33,37)(H,34,36). The van der Waals surface area contributed by atoms with Gasteiger partial charge >= 0.3 is 0 Å². The van der Waals surface area contributed by atoms with Crippen LogP contribution < -0.4 is 21.7 Å². The molecule has 9 heteroatoms. The van der Waals surface area contributed by atoms with Gasteiger partial charge in [-0.2, -0.15) is 11.8 Å². The molecule has 0 aromatic heterocycles. The molecule has 38 heavy (non-hydrogen) atoms. The Hall–Kier alpha value is -3.11. The number of para-hydroxylation sites is 2. The minimum atomic E-state index is -0.514. The Bertz CT molecular complexity index is 1240. The number of thioether (sulfide) groups is 1. The normalized spacial score (nSPS) is 14.8. The number of carbonyl (C=O) groups excluding carboxylic acids is 2. The van der Waals surface area contributed by atoms with Crippen LogP contribution in [0.1, 0.15) is 17.2 Å². The summed E-state index contributed by atoms with van der Waals surface area (Å²) in [6, 6.07) is 21.8. The zero-order valence-electron chi connectivity index (χ0n) is 21.0. The molecule has 0 bridgehead atoms. The summed E-state index contributed by atoms with van der Waals surface area (Å²) in [6.45, 7) is 3.75. The lowest BCUT2D eigenvalue weighted by molar-refractivity contribution is -0.118. The molecular weight excluding hydrogens is 562 g/mol. The third-order valence-corrected chi connectivity index (χ3v) is 7.64. The molecule has 1 aliphatic rings. The molecule has 3 aromatic rings. The van der Waals surface area contributed by atoms with Crippen LogP contribution >= 0.6 is 27.7 Å². The number of nitrogens with one attached hydrogen (secondary N) is 3. The zero-order chi connectivity index (χ0) is 26.7. The molecule has 1 aliphatic heterocycles. The summed E-state index contributed by atoms with van der Waals surface area (Å²) < 4.78 is 0.953. The Kier molecular flexibility index (Phi) is 10.4. The highest BCUT2D eigenvalue weighted by Crippen LogP contribution is 2.20. The first-order valence-electron chi connectivity index (χ1n) is 12.5. The van der Waals surface area contributed by atoms with Crippen molar-refractivity contribution in [3.05, 3.63) is 94.5 Å². The molecule has 2 amide bonds. The highest BCUT2D eigenvalue weighted by Gasteiger charge is 2.21. The predicted molar refractivity (Wildman–Crippen MR) is 162 cm³/mol. The Morgan fingerprint density at radius 3 is 2.39 bits per heavy atom. The van der Waals surface area contributed by atoms with Crippen LogP contribution in [0.2, 0.25) is 0 Å². The number of halogens is 1.